The van der Waals surface area contributed by atoms with Crippen molar-refractivity contribution >= 4 is 0 Å². The molecule has 0 amide bonds. The standard InChI is InChI=1S/C7H14O/c1-3-7(2)4-5-8-6-7/h3-6H2,1-2H3/t7-/m0/s1. The van der Waals surface area contributed by atoms with Crippen molar-refractivity contribution in [1.29, 1.82) is 0 Å². The Labute approximate surface area is 51.0 Å². The summed E-state index contributed by atoms with van der Waals surface area (Å²) in [6, 6.07) is 0. The van der Waals surface area contributed by atoms with Crippen LogP contribution in [0.2, 0.25) is 0 Å². The van der Waals surface area contributed by atoms with Crippen LogP contribution in [0.3, 0.4) is 0 Å². The molecule has 48 valence electrons. The predicted molar refractivity (Wildman–Crippen MR) is 33.8 cm³/mol. The fraction of sp³-hybridized carbons (Fsp3) is 1.00. The van der Waals surface area contributed by atoms with Crippen LogP contribution in [0.1, 0.15) is 26.7 Å². The molecule has 0 bridgehead atoms. The van der Waals surface area contributed by atoms with Crippen LogP contribution in [-0.2, 0) is 4.74 Å². The number of ether oxygens (including phenoxy) is 1. The van der Waals surface area contributed by atoms with Crippen LogP contribution in [0.4, 0.5) is 0 Å². The molecular weight excluding hydrogens is 100 g/mol. The van der Waals surface area contributed by atoms with Gasteiger partial charge in [-0.3, -0.25) is 0 Å². The second-order valence-corrected chi connectivity index (χ2v) is 2.97. The minimum Gasteiger partial charge on any atom is -0.381 e. The summed E-state index contributed by atoms with van der Waals surface area (Å²) >= 11 is 0. The lowest BCUT2D eigenvalue weighted by molar-refractivity contribution is 0.157. The monoisotopic (exact) mass is 114 g/mol. The SMILES string of the molecule is CC[C@@]1(C)CCOC1. The lowest BCUT2D eigenvalue weighted by Gasteiger charge is -2.17. The summed E-state index contributed by atoms with van der Waals surface area (Å²) in [7, 11) is 0. The molecule has 0 radical (unpaired) electrons. The Balaban J connectivity index is 2.40. The Bertz CT molecular complexity index is 72.5. The zero-order valence-corrected chi connectivity index (χ0v) is 5.74. The van der Waals surface area contributed by atoms with Crippen molar-refractivity contribution in [2.75, 3.05) is 13.2 Å². The molecule has 1 fully saturated rings. The second-order valence-electron chi connectivity index (χ2n) is 2.97. The molecule has 1 heteroatoms. The lowest BCUT2D eigenvalue weighted by Crippen LogP contribution is -2.13. The molecule has 0 N–H and O–H groups in total. The fourth-order valence-electron chi connectivity index (χ4n) is 0.988. The van der Waals surface area contributed by atoms with Crippen molar-refractivity contribution in [2.45, 2.75) is 26.7 Å². The third-order valence-electron chi connectivity index (χ3n) is 2.15. The largest absolute Gasteiger partial charge is 0.381 e. The van der Waals surface area contributed by atoms with Crippen molar-refractivity contribution in [1.82, 2.24) is 0 Å². The van der Waals surface area contributed by atoms with Gasteiger partial charge in [-0.25, -0.2) is 0 Å². The first kappa shape index (κ1) is 6.09. The van der Waals surface area contributed by atoms with Crippen molar-refractivity contribution in [3.63, 3.8) is 0 Å². The molecule has 1 nitrogen and oxygen atoms in total. The quantitative estimate of drug-likeness (QED) is 0.505. The summed E-state index contributed by atoms with van der Waals surface area (Å²) in [5.41, 5.74) is 0.514. The Morgan fingerprint density at radius 3 is 2.62 bits per heavy atom. The molecule has 0 aromatic rings. The highest BCUT2D eigenvalue weighted by Crippen LogP contribution is 2.30. The van der Waals surface area contributed by atoms with Gasteiger partial charge >= 0.3 is 0 Å². The predicted octanol–water partition coefficient (Wildman–Crippen LogP) is 1.82. The Morgan fingerprint density at radius 1 is 1.62 bits per heavy atom. The molecule has 1 rings (SSSR count). The van der Waals surface area contributed by atoms with Crippen molar-refractivity contribution in [3.8, 4) is 0 Å². The van der Waals surface area contributed by atoms with Gasteiger partial charge in [0.1, 0.15) is 0 Å². The molecule has 0 unspecified atom stereocenters. The molecule has 0 aliphatic carbocycles. The van der Waals surface area contributed by atoms with Gasteiger partial charge in [0.05, 0.1) is 6.61 Å². The Morgan fingerprint density at radius 2 is 2.38 bits per heavy atom. The Kier molecular flexibility index (Phi) is 1.57. The molecule has 1 saturated heterocycles. The first-order valence-corrected chi connectivity index (χ1v) is 3.35. The van der Waals surface area contributed by atoms with Gasteiger partial charge in [-0.2, -0.15) is 0 Å². The minimum absolute atomic E-state index is 0.514. The highest BCUT2D eigenvalue weighted by Gasteiger charge is 2.26. The Hall–Kier alpha value is -0.0400. The van der Waals surface area contributed by atoms with E-state index < -0.39 is 0 Å². The van der Waals surface area contributed by atoms with Crippen LogP contribution in [0.15, 0.2) is 0 Å². The van der Waals surface area contributed by atoms with Crippen LogP contribution in [0.25, 0.3) is 0 Å². The van der Waals surface area contributed by atoms with E-state index in [1.165, 1.54) is 12.8 Å². The summed E-state index contributed by atoms with van der Waals surface area (Å²) in [6.07, 6.45) is 2.51. The maximum atomic E-state index is 5.25. The van der Waals surface area contributed by atoms with Gasteiger partial charge < -0.3 is 4.74 Å². The van der Waals surface area contributed by atoms with E-state index in [4.69, 9.17) is 4.74 Å². The first-order valence-electron chi connectivity index (χ1n) is 3.35. The first-order chi connectivity index (χ1) is 3.77. The molecule has 8 heavy (non-hydrogen) atoms. The summed E-state index contributed by atoms with van der Waals surface area (Å²) in [5.74, 6) is 0. The number of rotatable bonds is 1. The average molecular weight is 114 g/mol. The summed E-state index contributed by atoms with van der Waals surface area (Å²) < 4.78 is 5.25. The van der Waals surface area contributed by atoms with Gasteiger partial charge in [-0.15, -0.1) is 0 Å². The molecule has 0 aromatic heterocycles. The van der Waals surface area contributed by atoms with E-state index in [1.54, 1.807) is 0 Å². The van der Waals surface area contributed by atoms with Crippen LogP contribution >= 0.6 is 0 Å². The third kappa shape index (κ3) is 1.03. The maximum Gasteiger partial charge on any atom is 0.0520 e. The molecule has 1 aliphatic heterocycles. The summed E-state index contributed by atoms with van der Waals surface area (Å²) in [6.45, 7) is 6.47. The molecule has 0 aromatic carbocycles. The van der Waals surface area contributed by atoms with E-state index in [0.717, 1.165) is 13.2 Å². The van der Waals surface area contributed by atoms with Crippen molar-refractivity contribution in [3.05, 3.63) is 0 Å². The molecule has 0 spiro atoms. The fourth-order valence-corrected chi connectivity index (χ4v) is 0.988. The van der Waals surface area contributed by atoms with Crippen LogP contribution in [0, 0.1) is 5.41 Å². The number of hydrogen-bond acceptors (Lipinski definition) is 1. The third-order valence-corrected chi connectivity index (χ3v) is 2.15. The van der Waals surface area contributed by atoms with Gasteiger partial charge in [0.25, 0.3) is 0 Å². The van der Waals surface area contributed by atoms with Crippen molar-refractivity contribution in [2.24, 2.45) is 5.41 Å². The maximum absolute atomic E-state index is 5.25. The lowest BCUT2D eigenvalue weighted by atomic mass is 9.87. The minimum atomic E-state index is 0.514. The van der Waals surface area contributed by atoms with E-state index in [1.807, 2.05) is 0 Å². The normalized spacial score (nSPS) is 38.2. The van der Waals surface area contributed by atoms with Crippen LogP contribution in [0.5, 0.6) is 0 Å². The second kappa shape index (κ2) is 2.06. The smallest absolute Gasteiger partial charge is 0.0520 e. The summed E-state index contributed by atoms with van der Waals surface area (Å²) in [5, 5.41) is 0. The van der Waals surface area contributed by atoms with Crippen LogP contribution < -0.4 is 0 Å². The van der Waals surface area contributed by atoms with Crippen molar-refractivity contribution < 1.29 is 4.74 Å². The molecule has 1 heterocycles. The highest BCUT2D eigenvalue weighted by molar-refractivity contribution is 4.75. The van der Waals surface area contributed by atoms with E-state index in [9.17, 15) is 0 Å². The van der Waals surface area contributed by atoms with E-state index >= 15 is 0 Å². The molecule has 1 atom stereocenters. The van der Waals surface area contributed by atoms with Gasteiger partial charge in [0.15, 0.2) is 0 Å². The zero-order chi connectivity index (χ0) is 6.04. The number of hydrogen-bond donors (Lipinski definition) is 0. The zero-order valence-electron chi connectivity index (χ0n) is 5.74. The van der Waals surface area contributed by atoms with Gasteiger partial charge in [0, 0.05) is 6.61 Å². The van der Waals surface area contributed by atoms with E-state index in [0.29, 0.717) is 5.41 Å². The average Bonchev–Trinajstić information content (AvgIpc) is 2.17. The highest BCUT2D eigenvalue weighted by atomic mass is 16.5. The van der Waals surface area contributed by atoms with Gasteiger partial charge in [0.2, 0.25) is 0 Å². The van der Waals surface area contributed by atoms with E-state index in [-0.39, 0.29) is 0 Å². The summed E-state index contributed by atoms with van der Waals surface area (Å²) in [4.78, 5) is 0. The van der Waals surface area contributed by atoms with Gasteiger partial charge in [-0.1, -0.05) is 13.8 Å². The molecular formula is C7H14O. The van der Waals surface area contributed by atoms with Gasteiger partial charge in [-0.05, 0) is 18.3 Å². The topological polar surface area (TPSA) is 9.23 Å². The molecule has 1 aliphatic rings. The van der Waals surface area contributed by atoms with Crippen LogP contribution in [-0.4, -0.2) is 13.2 Å². The van der Waals surface area contributed by atoms with E-state index in [2.05, 4.69) is 13.8 Å². The molecule has 0 saturated carbocycles.